The molecule has 3 aliphatic rings. The van der Waals surface area contributed by atoms with Gasteiger partial charge in [0.2, 0.25) is 5.91 Å². The second kappa shape index (κ2) is 7.61. The van der Waals surface area contributed by atoms with Crippen LogP contribution in [-0.4, -0.2) is 77.6 Å². The molecule has 0 radical (unpaired) electrons. The average molecular weight is 405 g/mol. The minimum atomic E-state index is -1.07. The molecule has 1 aromatic rings. The third-order valence-corrected chi connectivity index (χ3v) is 6.11. The number of esters is 1. The van der Waals surface area contributed by atoms with Crippen LogP contribution in [0.25, 0.3) is 0 Å². The predicted molar refractivity (Wildman–Crippen MR) is 103 cm³/mol. The number of amidine groups is 1. The number of aromatic nitrogens is 1. The number of β-amino-alcohol motifs (C(OH)–C–C–N with tert-alkyl or cyclic N) is 1. The van der Waals surface area contributed by atoms with E-state index in [2.05, 4.69) is 25.5 Å². The van der Waals surface area contributed by atoms with Crippen LogP contribution in [0.5, 0.6) is 0 Å². The fourth-order valence-electron chi connectivity index (χ4n) is 3.95. The SMILES string of the molecule is CCOC(=O)C1=C(CN2CCC3C(=O)NCC3(O)C2)NC(c2nccs2)=NC1. The molecule has 150 valence electrons. The van der Waals surface area contributed by atoms with Gasteiger partial charge in [-0.1, -0.05) is 0 Å². The van der Waals surface area contributed by atoms with Crippen LogP contribution in [0.2, 0.25) is 0 Å². The first kappa shape index (κ1) is 19.0. The van der Waals surface area contributed by atoms with Gasteiger partial charge < -0.3 is 20.5 Å². The summed E-state index contributed by atoms with van der Waals surface area (Å²) in [5, 5.41) is 19.5. The normalized spacial score (nSPS) is 27.7. The summed E-state index contributed by atoms with van der Waals surface area (Å²) in [6.07, 6.45) is 2.29. The first-order valence-electron chi connectivity index (χ1n) is 9.33. The second-order valence-corrected chi connectivity index (χ2v) is 8.07. The predicted octanol–water partition coefficient (Wildman–Crippen LogP) is -0.507. The molecule has 0 aromatic carbocycles. The summed E-state index contributed by atoms with van der Waals surface area (Å²) in [7, 11) is 0. The van der Waals surface area contributed by atoms with Gasteiger partial charge in [0.05, 0.1) is 24.6 Å². The number of carbonyl (C=O) groups excluding carboxylic acids is 2. The number of nitrogens with zero attached hydrogens (tertiary/aromatic N) is 3. The van der Waals surface area contributed by atoms with Crippen LogP contribution in [0.3, 0.4) is 0 Å². The molecule has 3 N–H and O–H groups in total. The molecule has 0 aliphatic carbocycles. The molecule has 4 rings (SSSR count). The number of aliphatic imine (C=N–C) groups is 1. The van der Waals surface area contributed by atoms with Crippen LogP contribution in [0.4, 0.5) is 0 Å². The zero-order chi connectivity index (χ0) is 19.7. The Kier molecular flexibility index (Phi) is 5.17. The summed E-state index contributed by atoms with van der Waals surface area (Å²) >= 11 is 1.47. The highest BCUT2D eigenvalue weighted by molar-refractivity contribution is 7.11. The first-order valence-corrected chi connectivity index (χ1v) is 10.2. The number of piperidine rings is 1. The van der Waals surface area contributed by atoms with Crippen molar-refractivity contribution in [3.05, 3.63) is 27.9 Å². The quantitative estimate of drug-likeness (QED) is 0.565. The maximum Gasteiger partial charge on any atom is 0.337 e. The summed E-state index contributed by atoms with van der Waals surface area (Å²) in [4.78, 5) is 35.1. The molecule has 1 amide bonds. The Labute approximate surface area is 166 Å². The van der Waals surface area contributed by atoms with E-state index < -0.39 is 11.6 Å². The van der Waals surface area contributed by atoms with Gasteiger partial charge in [0.15, 0.2) is 10.8 Å². The molecule has 2 saturated heterocycles. The van der Waals surface area contributed by atoms with Crippen molar-refractivity contribution in [3.8, 4) is 0 Å². The van der Waals surface area contributed by atoms with Crippen molar-refractivity contribution in [1.29, 1.82) is 0 Å². The number of hydrogen-bond donors (Lipinski definition) is 3. The third-order valence-electron chi connectivity index (χ3n) is 5.33. The number of thiazole rings is 1. The van der Waals surface area contributed by atoms with Crippen LogP contribution in [-0.2, 0) is 14.3 Å². The summed E-state index contributed by atoms with van der Waals surface area (Å²) in [6.45, 7) is 3.99. The standard InChI is InChI=1S/C18H23N5O4S/c1-2-27-17(25)11-7-20-14(16-19-4-6-28-16)22-13(11)8-23-5-3-12-15(24)21-9-18(12,26)10-23/h4,6,12,26H,2-3,5,7-10H2,1H3,(H,20,22)(H,21,24). The number of aliphatic hydroxyl groups is 1. The van der Waals surface area contributed by atoms with Crippen LogP contribution in [0.1, 0.15) is 18.4 Å². The van der Waals surface area contributed by atoms with E-state index in [9.17, 15) is 14.7 Å². The van der Waals surface area contributed by atoms with Crippen LogP contribution in [0, 0.1) is 5.92 Å². The topological polar surface area (TPSA) is 116 Å². The fraction of sp³-hybridized carbons (Fsp3) is 0.556. The summed E-state index contributed by atoms with van der Waals surface area (Å²) < 4.78 is 5.19. The van der Waals surface area contributed by atoms with Gasteiger partial charge in [-0.05, 0) is 19.9 Å². The summed E-state index contributed by atoms with van der Waals surface area (Å²) in [5.41, 5.74) is 0.121. The van der Waals surface area contributed by atoms with Crippen LogP contribution in [0.15, 0.2) is 27.8 Å². The van der Waals surface area contributed by atoms with Gasteiger partial charge in [0, 0.05) is 36.9 Å². The second-order valence-electron chi connectivity index (χ2n) is 7.18. The minimum Gasteiger partial charge on any atom is -0.463 e. The monoisotopic (exact) mass is 405 g/mol. The molecule has 1 aromatic heterocycles. The van der Waals surface area contributed by atoms with Crippen LogP contribution < -0.4 is 10.6 Å². The van der Waals surface area contributed by atoms with E-state index in [0.717, 1.165) is 5.01 Å². The van der Waals surface area contributed by atoms with Gasteiger partial charge in [0.25, 0.3) is 0 Å². The highest BCUT2D eigenvalue weighted by Crippen LogP contribution is 2.32. The smallest absolute Gasteiger partial charge is 0.337 e. The molecular formula is C18H23N5O4S. The molecule has 0 saturated carbocycles. The van der Waals surface area contributed by atoms with E-state index in [1.165, 1.54) is 11.3 Å². The maximum atomic E-state index is 12.4. The Hall–Kier alpha value is -2.30. The van der Waals surface area contributed by atoms with Gasteiger partial charge in [-0.3, -0.25) is 14.7 Å². The van der Waals surface area contributed by atoms with Crippen molar-refractivity contribution < 1.29 is 19.4 Å². The Bertz CT molecular complexity index is 837. The lowest BCUT2D eigenvalue weighted by atomic mass is 9.83. The van der Waals surface area contributed by atoms with Gasteiger partial charge >= 0.3 is 5.97 Å². The lowest BCUT2D eigenvalue weighted by Gasteiger charge is -2.40. The Morgan fingerprint density at radius 1 is 1.54 bits per heavy atom. The van der Waals surface area contributed by atoms with Crippen molar-refractivity contribution in [2.45, 2.75) is 18.9 Å². The Balaban J connectivity index is 1.53. The molecule has 28 heavy (non-hydrogen) atoms. The van der Waals surface area contributed by atoms with Crippen molar-refractivity contribution >= 4 is 29.0 Å². The van der Waals surface area contributed by atoms with Crippen molar-refractivity contribution in [3.63, 3.8) is 0 Å². The molecule has 10 heteroatoms. The van der Waals surface area contributed by atoms with Gasteiger partial charge in [-0.15, -0.1) is 11.3 Å². The molecule has 3 aliphatic heterocycles. The summed E-state index contributed by atoms with van der Waals surface area (Å²) in [6, 6.07) is 0. The molecule has 2 unspecified atom stereocenters. The lowest BCUT2D eigenvalue weighted by Crippen LogP contribution is -2.55. The van der Waals surface area contributed by atoms with E-state index in [0.29, 0.717) is 43.2 Å². The van der Waals surface area contributed by atoms with Gasteiger partial charge in [-0.25, -0.2) is 9.78 Å². The van der Waals surface area contributed by atoms with E-state index in [4.69, 9.17) is 4.74 Å². The summed E-state index contributed by atoms with van der Waals surface area (Å²) in [5.74, 6) is -0.209. The maximum absolute atomic E-state index is 12.4. The van der Waals surface area contributed by atoms with Crippen molar-refractivity contribution in [2.75, 3.05) is 39.3 Å². The van der Waals surface area contributed by atoms with E-state index >= 15 is 0 Å². The zero-order valence-electron chi connectivity index (χ0n) is 15.6. The lowest BCUT2D eigenvalue weighted by molar-refractivity contribution is -0.138. The van der Waals surface area contributed by atoms with Crippen molar-refractivity contribution in [2.24, 2.45) is 10.9 Å². The Morgan fingerprint density at radius 3 is 3.14 bits per heavy atom. The number of ether oxygens (including phenoxy) is 1. The number of carbonyl (C=O) groups is 2. The molecule has 2 fully saturated rings. The number of fused-ring (bicyclic) bond motifs is 1. The van der Waals surface area contributed by atoms with Gasteiger partial charge in [0.1, 0.15) is 5.60 Å². The number of nitrogens with one attached hydrogen (secondary N) is 2. The van der Waals surface area contributed by atoms with Crippen LogP contribution >= 0.6 is 11.3 Å². The average Bonchev–Trinajstić information content (AvgIpc) is 3.30. The number of rotatable bonds is 5. The highest BCUT2D eigenvalue weighted by Gasteiger charge is 2.50. The largest absolute Gasteiger partial charge is 0.463 e. The fourth-order valence-corrected chi connectivity index (χ4v) is 4.55. The molecule has 0 bridgehead atoms. The van der Waals surface area contributed by atoms with E-state index in [1.807, 2.05) is 5.38 Å². The molecular weight excluding hydrogens is 382 g/mol. The van der Waals surface area contributed by atoms with Crippen molar-refractivity contribution in [1.82, 2.24) is 20.5 Å². The Morgan fingerprint density at radius 2 is 2.39 bits per heavy atom. The first-order chi connectivity index (χ1) is 13.5. The van der Waals surface area contributed by atoms with E-state index in [1.54, 1.807) is 13.1 Å². The molecule has 9 nitrogen and oxygen atoms in total. The molecule has 4 heterocycles. The molecule has 0 spiro atoms. The molecule has 2 atom stereocenters. The number of hydrogen-bond acceptors (Lipinski definition) is 9. The van der Waals surface area contributed by atoms with E-state index in [-0.39, 0.29) is 31.5 Å². The minimum absolute atomic E-state index is 0.0810. The van der Waals surface area contributed by atoms with Gasteiger partial charge in [-0.2, -0.15) is 0 Å². The number of amides is 1. The zero-order valence-corrected chi connectivity index (χ0v) is 16.4. The third kappa shape index (κ3) is 3.54. The highest BCUT2D eigenvalue weighted by atomic mass is 32.1. The number of likely N-dealkylation sites (tertiary alicyclic amines) is 1.